The van der Waals surface area contributed by atoms with Gasteiger partial charge in [-0.15, -0.1) is 5.10 Å². The Morgan fingerprint density at radius 2 is 1.52 bits per heavy atom. The van der Waals surface area contributed by atoms with Crippen molar-refractivity contribution < 1.29 is 14.4 Å². The summed E-state index contributed by atoms with van der Waals surface area (Å²) in [4.78, 5) is 41.1. The number of rotatable bonds is 5. The normalized spacial score (nSPS) is 14.6. The van der Waals surface area contributed by atoms with Gasteiger partial charge in [0.05, 0.1) is 21.3 Å². The molecular weight excluding hydrogens is 436 g/mol. The predicted molar refractivity (Wildman–Crippen MR) is 125 cm³/mol. The quantitative estimate of drug-likeness (QED) is 0.370. The summed E-state index contributed by atoms with van der Waals surface area (Å²) in [7, 11) is 1.87. The van der Waals surface area contributed by atoms with E-state index in [1.165, 1.54) is 11.3 Å². The lowest BCUT2D eigenvalue weighted by atomic mass is 10.0. The number of hydrogen-bond acceptors (Lipinski definition) is 5. The number of benzene rings is 3. The van der Waals surface area contributed by atoms with Crippen molar-refractivity contribution in [3.8, 4) is 0 Å². The van der Waals surface area contributed by atoms with Crippen LogP contribution in [0.4, 0.5) is 0 Å². The van der Waals surface area contributed by atoms with Crippen LogP contribution in [0, 0.1) is 0 Å². The summed E-state index contributed by atoms with van der Waals surface area (Å²) in [5.41, 5.74) is 5.04. The summed E-state index contributed by atoms with van der Waals surface area (Å²) in [5.74, 6) is -1.47. The first kappa shape index (κ1) is 20.8. The van der Waals surface area contributed by atoms with Crippen LogP contribution < -0.4 is 10.2 Å². The Kier molecular flexibility index (Phi) is 5.35. The second kappa shape index (κ2) is 8.48. The van der Waals surface area contributed by atoms with Gasteiger partial charge in [0.2, 0.25) is 4.80 Å². The third kappa shape index (κ3) is 3.74. The summed E-state index contributed by atoms with van der Waals surface area (Å²) in [6, 6.07) is 22.7. The summed E-state index contributed by atoms with van der Waals surface area (Å²) in [6.07, 6.45) is 0.187. The molecule has 0 saturated heterocycles. The highest BCUT2D eigenvalue weighted by Gasteiger charge is 2.42. The number of carbonyl (C=O) groups excluding carboxylic acids is 3. The Hall–Kier alpha value is -4.04. The molecule has 0 bridgehead atoms. The minimum Gasteiger partial charge on any atom is -0.318 e. The number of amides is 3. The van der Waals surface area contributed by atoms with Crippen LogP contribution in [0.2, 0.25) is 0 Å². The van der Waals surface area contributed by atoms with Crippen molar-refractivity contribution in [3.05, 3.63) is 100 Å². The predicted octanol–water partition coefficient (Wildman–Crippen LogP) is 3.08. The number of fused-ring (bicyclic) bond motifs is 2. The van der Waals surface area contributed by atoms with Crippen molar-refractivity contribution in [2.24, 2.45) is 12.1 Å². The maximum Gasteiger partial charge on any atom is 0.263 e. The maximum absolute atomic E-state index is 13.3. The Morgan fingerprint density at radius 3 is 2.18 bits per heavy atom. The number of thiazole rings is 1. The molecule has 1 aliphatic rings. The lowest BCUT2D eigenvalue weighted by Crippen LogP contribution is -2.50. The molecule has 0 unspecified atom stereocenters. The lowest BCUT2D eigenvalue weighted by molar-refractivity contribution is -0.125. The number of carbonyl (C=O) groups is 3. The molecule has 3 aromatic carbocycles. The Bertz CT molecular complexity index is 1420. The van der Waals surface area contributed by atoms with Gasteiger partial charge in [-0.1, -0.05) is 65.9 Å². The van der Waals surface area contributed by atoms with Crippen molar-refractivity contribution in [1.29, 1.82) is 0 Å². The molecule has 2 heterocycles. The molecule has 164 valence electrons. The number of nitrogens with one attached hydrogen (secondary N) is 1. The van der Waals surface area contributed by atoms with Gasteiger partial charge < -0.3 is 4.57 Å². The summed E-state index contributed by atoms with van der Waals surface area (Å²) in [6.45, 7) is 0. The molecule has 0 saturated carbocycles. The number of hydrogen-bond donors (Lipinski definition) is 1. The van der Waals surface area contributed by atoms with E-state index < -0.39 is 23.8 Å². The van der Waals surface area contributed by atoms with E-state index in [-0.39, 0.29) is 6.42 Å². The number of aromatic nitrogens is 1. The van der Waals surface area contributed by atoms with Crippen molar-refractivity contribution in [3.63, 3.8) is 0 Å². The van der Waals surface area contributed by atoms with Gasteiger partial charge in [-0.2, -0.15) is 0 Å². The monoisotopic (exact) mass is 456 g/mol. The molecular formula is C25H20N4O3S. The number of nitrogens with zero attached hydrogens (tertiary/aromatic N) is 3. The zero-order valence-electron chi connectivity index (χ0n) is 17.8. The smallest absolute Gasteiger partial charge is 0.263 e. The average Bonchev–Trinajstić information content (AvgIpc) is 3.30. The molecule has 0 fully saturated rings. The van der Waals surface area contributed by atoms with E-state index in [9.17, 15) is 14.4 Å². The zero-order chi connectivity index (χ0) is 22.9. The highest BCUT2D eigenvalue weighted by atomic mass is 32.1. The molecule has 8 heteroatoms. The molecule has 3 amide bonds. The highest BCUT2D eigenvalue weighted by Crippen LogP contribution is 2.26. The molecule has 4 aromatic rings. The minimum absolute atomic E-state index is 0.187. The fraction of sp³-hybridized carbons (Fsp3) is 0.120. The van der Waals surface area contributed by atoms with Gasteiger partial charge >= 0.3 is 0 Å². The largest absolute Gasteiger partial charge is 0.318 e. The van der Waals surface area contributed by atoms with E-state index in [4.69, 9.17) is 0 Å². The van der Waals surface area contributed by atoms with Gasteiger partial charge in [0, 0.05) is 13.5 Å². The number of para-hydroxylation sites is 1. The number of imide groups is 1. The molecule has 7 nitrogen and oxygen atoms in total. The van der Waals surface area contributed by atoms with E-state index in [1.54, 1.807) is 24.3 Å². The Balaban J connectivity index is 1.49. The summed E-state index contributed by atoms with van der Waals surface area (Å²) >= 11 is 1.44. The second-order valence-electron chi connectivity index (χ2n) is 7.73. The van der Waals surface area contributed by atoms with Gasteiger partial charge in [0.15, 0.2) is 0 Å². The third-order valence-electron chi connectivity index (χ3n) is 5.69. The van der Waals surface area contributed by atoms with Crippen LogP contribution in [0.25, 0.3) is 10.2 Å². The lowest BCUT2D eigenvalue weighted by Gasteiger charge is -2.24. The fourth-order valence-corrected chi connectivity index (χ4v) is 4.97. The van der Waals surface area contributed by atoms with Gasteiger partial charge in [-0.05, 0) is 29.8 Å². The van der Waals surface area contributed by atoms with Crippen LogP contribution in [0.15, 0.2) is 84.0 Å². The van der Waals surface area contributed by atoms with Crippen LogP contribution in [-0.4, -0.2) is 33.2 Å². The van der Waals surface area contributed by atoms with Gasteiger partial charge in [0.1, 0.15) is 6.04 Å². The van der Waals surface area contributed by atoms with Crippen LogP contribution in [0.3, 0.4) is 0 Å². The van der Waals surface area contributed by atoms with Gasteiger partial charge in [0.25, 0.3) is 17.7 Å². The standard InChI is InChI=1S/C25H20N4O3S/c1-28-19-13-7-8-14-21(19)33-25(28)27-26-22(30)20(15-16-9-3-2-4-10-16)29-23(31)17-11-5-6-12-18(17)24(29)32/h2-14,20H,15H2,1H3,(H,26,30)/b27-25-/t20-/m0/s1. The molecule has 1 aliphatic heterocycles. The average molecular weight is 457 g/mol. The fourth-order valence-electron chi connectivity index (χ4n) is 4.00. The van der Waals surface area contributed by atoms with E-state index in [0.717, 1.165) is 20.7 Å². The Labute approximate surface area is 193 Å². The molecule has 5 rings (SSSR count). The summed E-state index contributed by atoms with van der Waals surface area (Å²) < 4.78 is 2.92. The molecule has 33 heavy (non-hydrogen) atoms. The third-order valence-corrected chi connectivity index (χ3v) is 6.80. The van der Waals surface area contributed by atoms with Crippen LogP contribution >= 0.6 is 11.3 Å². The molecule has 0 radical (unpaired) electrons. The topological polar surface area (TPSA) is 83.8 Å². The van der Waals surface area contributed by atoms with Crippen LogP contribution in [0.5, 0.6) is 0 Å². The molecule has 1 aromatic heterocycles. The van der Waals surface area contributed by atoms with Crippen molar-refractivity contribution in [2.45, 2.75) is 12.5 Å². The first-order valence-electron chi connectivity index (χ1n) is 10.4. The zero-order valence-corrected chi connectivity index (χ0v) is 18.6. The minimum atomic E-state index is -1.04. The van der Waals surface area contributed by atoms with Crippen molar-refractivity contribution >= 4 is 39.3 Å². The first-order valence-corrected chi connectivity index (χ1v) is 11.3. The molecule has 0 spiro atoms. The van der Waals surface area contributed by atoms with Crippen molar-refractivity contribution in [2.75, 3.05) is 0 Å². The first-order chi connectivity index (χ1) is 16.0. The molecule has 1 atom stereocenters. The van der Waals surface area contributed by atoms with E-state index in [0.29, 0.717) is 15.9 Å². The van der Waals surface area contributed by atoms with Crippen LogP contribution in [0.1, 0.15) is 26.3 Å². The van der Waals surface area contributed by atoms with E-state index >= 15 is 0 Å². The molecule has 1 N–H and O–H groups in total. The van der Waals surface area contributed by atoms with E-state index in [2.05, 4.69) is 10.5 Å². The second-order valence-corrected chi connectivity index (χ2v) is 8.74. The van der Waals surface area contributed by atoms with Gasteiger partial charge in [-0.25, -0.2) is 5.43 Å². The number of aryl methyl sites for hydroxylation is 1. The highest BCUT2D eigenvalue weighted by molar-refractivity contribution is 7.16. The van der Waals surface area contributed by atoms with Crippen molar-refractivity contribution in [1.82, 2.24) is 14.9 Å². The van der Waals surface area contributed by atoms with Crippen LogP contribution in [-0.2, 0) is 18.3 Å². The SMILES string of the molecule is Cn1/c(=N/NC(=O)[C@H](Cc2ccccc2)N2C(=O)c3ccccc3C2=O)sc2ccccc21. The molecule has 0 aliphatic carbocycles. The van der Waals surface area contributed by atoms with Gasteiger partial charge in [-0.3, -0.25) is 19.3 Å². The van der Waals surface area contributed by atoms with E-state index in [1.807, 2.05) is 66.2 Å². The summed E-state index contributed by atoms with van der Waals surface area (Å²) in [5, 5.41) is 4.31. The maximum atomic E-state index is 13.3. The Morgan fingerprint density at radius 1 is 0.909 bits per heavy atom.